The molecule has 2 aromatic carbocycles. The molecule has 5 nitrogen and oxygen atoms in total. The van der Waals surface area contributed by atoms with Gasteiger partial charge < -0.3 is 10.4 Å². The Morgan fingerprint density at radius 3 is 2.38 bits per heavy atom. The van der Waals surface area contributed by atoms with Gasteiger partial charge in [-0.3, -0.25) is 4.79 Å². The first-order valence-electron chi connectivity index (χ1n) is 8.80. The number of benzene rings is 2. The van der Waals surface area contributed by atoms with E-state index in [9.17, 15) is 27.9 Å². The van der Waals surface area contributed by atoms with Crippen LogP contribution in [0.3, 0.4) is 0 Å². The summed E-state index contributed by atoms with van der Waals surface area (Å²) in [7, 11) is 0. The number of pyridine rings is 1. The second-order valence-corrected chi connectivity index (χ2v) is 7.74. The summed E-state index contributed by atoms with van der Waals surface area (Å²) in [6, 6.07) is 8.73. The summed E-state index contributed by atoms with van der Waals surface area (Å²) in [5.41, 5.74) is -1.12. The minimum Gasteiger partial charge on any atom is -0.478 e. The van der Waals surface area contributed by atoms with E-state index in [0.29, 0.717) is 0 Å². The standard InChI is InChI=1S/C21H12Cl3F3N2O3/c22-11-7-16(28-8-10-4-5-15(23)14(6-10)21(25,26)27)18(29-9-11)19(30)12-2-1-3-13(17(12)24)20(31)32/h1-7,9,28H,8H2,(H,31,32). The number of anilines is 1. The highest BCUT2D eigenvalue weighted by atomic mass is 35.5. The van der Waals surface area contributed by atoms with Crippen LogP contribution >= 0.6 is 34.8 Å². The minimum atomic E-state index is -4.63. The van der Waals surface area contributed by atoms with E-state index in [1.165, 1.54) is 36.5 Å². The van der Waals surface area contributed by atoms with Gasteiger partial charge >= 0.3 is 12.1 Å². The van der Waals surface area contributed by atoms with Crippen molar-refractivity contribution in [3.05, 3.63) is 91.7 Å². The molecule has 0 aliphatic heterocycles. The Labute approximate surface area is 194 Å². The maximum Gasteiger partial charge on any atom is 0.417 e. The SMILES string of the molecule is O=C(O)c1cccc(C(=O)c2ncc(Cl)cc2NCc2ccc(Cl)c(C(F)(F)F)c2)c1Cl. The van der Waals surface area contributed by atoms with Crippen LogP contribution in [0.2, 0.25) is 15.1 Å². The van der Waals surface area contributed by atoms with Gasteiger partial charge in [0.1, 0.15) is 5.69 Å². The van der Waals surface area contributed by atoms with Gasteiger partial charge in [-0.25, -0.2) is 9.78 Å². The summed E-state index contributed by atoms with van der Waals surface area (Å²) < 4.78 is 39.3. The van der Waals surface area contributed by atoms with Crippen molar-refractivity contribution in [3.8, 4) is 0 Å². The number of hydrogen-bond donors (Lipinski definition) is 2. The third-order valence-electron chi connectivity index (χ3n) is 4.36. The Morgan fingerprint density at radius 2 is 1.72 bits per heavy atom. The molecular weight excluding hydrogens is 492 g/mol. The number of aromatic carboxylic acids is 1. The molecule has 0 bridgehead atoms. The van der Waals surface area contributed by atoms with E-state index < -0.39 is 28.5 Å². The van der Waals surface area contributed by atoms with Gasteiger partial charge in [-0.05, 0) is 35.9 Å². The molecule has 0 saturated carbocycles. The van der Waals surface area contributed by atoms with Crippen molar-refractivity contribution in [1.29, 1.82) is 0 Å². The van der Waals surface area contributed by atoms with E-state index in [1.807, 2.05) is 0 Å². The predicted molar refractivity (Wildman–Crippen MR) is 115 cm³/mol. The molecule has 0 aliphatic carbocycles. The highest BCUT2D eigenvalue weighted by molar-refractivity contribution is 6.37. The number of carboxylic acid groups (broad SMARTS) is 1. The zero-order valence-corrected chi connectivity index (χ0v) is 18.1. The van der Waals surface area contributed by atoms with Crippen molar-refractivity contribution in [2.45, 2.75) is 12.7 Å². The van der Waals surface area contributed by atoms with Gasteiger partial charge in [0.15, 0.2) is 0 Å². The molecule has 3 rings (SSSR count). The lowest BCUT2D eigenvalue weighted by Crippen LogP contribution is -2.12. The van der Waals surface area contributed by atoms with E-state index in [0.717, 1.165) is 12.1 Å². The van der Waals surface area contributed by atoms with Crippen LogP contribution in [-0.4, -0.2) is 21.8 Å². The number of aromatic nitrogens is 1. The van der Waals surface area contributed by atoms with Gasteiger partial charge in [0.2, 0.25) is 5.78 Å². The van der Waals surface area contributed by atoms with Crippen molar-refractivity contribution in [1.82, 2.24) is 4.98 Å². The maximum absolute atomic E-state index is 13.1. The molecule has 0 fully saturated rings. The van der Waals surface area contributed by atoms with E-state index in [-0.39, 0.29) is 44.7 Å². The van der Waals surface area contributed by atoms with Gasteiger partial charge in [-0.1, -0.05) is 46.9 Å². The number of halogens is 6. The van der Waals surface area contributed by atoms with Crippen LogP contribution in [0.25, 0.3) is 0 Å². The number of carboxylic acids is 1. The number of nitrogens with one attached hydrogen (secondary N) is 1. The minimum absolute atomic E-state index is 0.102. The molecule has 1 aromatic heterocycles. The first-order chi connectivity index (χ1) is 15.0. The molecule has 11 heteroatoms. The first-order valence-corrected chi connectivity index (χ1v) is 9.94. The average Bonchev–Trinajstić information content (AvgIpc) is 2.72. The van der Waals surface area contributed by atoms with Crippen LogP contribution in [0.4, 0.5) is 18.9 Å². The maximum atomic E-state index is 13.1. The third-order valence-corrected chi connectivity index (χ3v) is 5.31. The molecule has 0 radical (unpaired) electrons. The summed E-state index contributed by atoms with van der Waals surface area (Å²) in [5, 5.41) is 11.5. The Balaban J connectivity index is 1.94. The molecule has 0 spiro atoms. The van der Waals surface area contributed by atoms with Crippen molar-refractivity contribution in [2.75, 3.05) is 5.32 Å². The zero-order chi connectivity index (χ0) is 23.6. The molecule has 0 atom stereocenters. The number of ketones is 1. The molecule has 166 valence electrons. The summed E-state index contributed by atoms with van der Waals surface area (Å²) in [6.45, 7) is -0.106. The summed E-state index contributed by atoms with van der Waals surface area (Å²) in [4.78, 5) is 28.3. The van der Waals surface area contributed by atoms with Crippen LogP contribution in [0, 0.1) is 0 Å². The number of hydrogen-bond acceptors (Lipinski definition) is 4. The topological polar surface area (TPSA) is 79.3 Å². The second-order valence-electron chi connectivity index (χ2n) is 6.52. The van der Waals surface area contributed by atoms with Gasteiger partial charge in [0, 0.05) is 18.3 Å². The molecule has 32 heavy (non-hydrogen) atoms. The Hall–Kier alpha value is -2.81. The predicted octanol–water partition coefficient (Wildman–Crippen LogP) is 6.60. The van der Waals surface area contributed by atoms with Crippen molar-refractivity contribution in [3.63, 3.8) is 0 Å². The molecule has 3 aromatic rings. The second kappa shape index (κ2) is 9.36. The van der Waals surface area contributed by atoms with Gasteiger partial charge in [0.25, 0.3) is 0 Å². The lowest BCUT2D eigenvalue weighted by atomic mass is 10.0. The Kier molecular flexibility index (Phi) is 6.97. The molecular formula is C21H12Cl3F3N2O3. The highest BCUT2D eigenvalue weighted by Gasteiger charge is 2.33. The summed E-state index contributed by atoms with van der Waals surface area (Å²) in [5.74, 6) is -2.00. The summed E-state index contributed by atoms with van der Waals surface area (Å²) >= 11 is 17.7. The van der Waals surface area contributed by atoms with E-state index in [2.05, 4.69) is 10.3 Å². The molecule has 2 N–H and O–H groups in total. The van der Waals surface area contributed by atoms with Gasteiger partial charge in [-0.15, -0.1) is 0 Å². The fourth-order valence-corrected chi connectivity index (χ4v) is 3.53. The van der Waals surface area contributed by atoms with Crippen molar-refractivity contribution >= 4 is 52.2 Å². The summed E-state index contributed by atoms with van der Waals surface area (Å²) in [6.07, 6.45) is -3.42. The molecule has 0 aliphatic rings. The number of nitrogens with zero attached hydrogens (tertiary/aromatic N) is 1. The number of rotatable bonds is 6. The van der Waals surface area contributed by atoms with E-state index >= 15 is 0 Å². The number of alkyl halides is 3. The normalized spacial score (nSPS) is 11.3. The van der Waals surface area contributed by atoms with Crippen LogP contribution in [-0.2, 0) is 12.7 Å². The molecule has 0 saturated heterocycles. The van der Waals surface area contributed by atoms with Crippen LogP contribution in [0.15, 0.2) is 48.7 Å². The molecule has 0 unspecified atom stereocenters. The quantitative estimate of drug-likeness (QED) is 0.370. The monoisotopic (exact) mass is 502 g/mol. The van der Waals surface area contributed by atoms with Crippen LogP contribution in [0.5, 0.6) is 0 Å². The largest absolute Gasteiger partial charge is 0.478 e. The molecule has 0 amide bonds. The fraction of sp³-hybridized carbons (Fsp3) is 0.0952. The first kappa shape index (κ1) is 23.8. The zero-order valence-electron chi connectivity index (χ0n) is 15.8. The lowest BCUT2D eigenvalue weighted by Gasteiger charge is -2.14. The van der Waals surface area contributed by atoms with E-state index in [4.69, 9.17) is 34.8 Å². The van der Waals surface area contributed by atoms with Crippen LogP contribution in [0.1, 0.15) is 37.5 Å². The Bertz CT molecular complexity index is 1220. The fourth-order valence-electron chi connectivity index (χ4n) is 2.85. The lowest BCUT2D eigenvalue weighted by molar-refractivity contribution is -0.137. The smallest absolute Gasteiger partial charge is 0.417 e. The average molecular weight is 504 g/mol. The van der Waals surface area contributed by atoms with E-state index in [1.54, 1.807) is 0 Å². The van der Waals surface area contributed by atoms with Crippen molar-refractivity contribution < 1.29 is 27.9 Å². The number of carbonyl (C=O) groups is 2. The van der Waals surface area contributed by atoms with Crippen LogP contribution < -0.4 is 5.32 Å². The van der Waals surface area contributed by atoms with Gasteiger partial charge in [0.05, 0.1) is 31.9 Å². The molecule has 1 heterocycles. The van der Waals surface area contributed by atoms with Crippen molar-refractivity contribution in [2.24, 2.45) is 0 Å². The highest BCUT2D eigenvalue weighted by Crippen LogP contribution is 2.35. The number of carbonyl (C=O) groups excluding carboxylic acids is 1. The van der Waals surface area contributed by atoms with Gasteiger partial charge in [-0.2, -0.15) is 13.2 Å². The Morgan fingerprint density at radius 1 is 1.03 bits per heavy atom. The third kappa shape index (κ3) is 5.15.